The van der Waals surface area contributed by atoms with Gasteiger partial charge in [-0.1, -0.05) is 18.2 Å². The Bertz CT molecular complexity index is 1230. The summed E-state index contributed by atoms with van der Waals surface area (Å²) in [6, 6.07) is 12.0. The summed E-state index contributed by atoms with van der Waals surface area (Å²) in [5.41, 5.74) is 3.38. The van der Waals surface area contributed by atoms with Crippen LogP contribution >= 0.6 is 0 Å². The van der Waals surface area contributed by atoms with Crippen molar-refractivity contribution < 1.29 is 19.5 Å². The van der Waals surface area contributed by atoms with E-state index in [0.717, 1.165) is 22.2 Å². The van der Waals surface area contributed by atoms with Crippen molar-refractivity contribution in [3.63, 3.8) is 0 Å². The van der Waals surface area contributed by atoms with Crippen LogP contribution in [0.15, 0.2) is 48.7 Å². The summed E-state index contributed by atoms with van der Waals surface area (Å²) in [7, 11) is 0. The number of nitrogens with zero attached hydrogens (tertiary/aromatic N) is 3. The van der Waals surface area contributed by atoms with Gasteiger partial charge in [-0.25, -0.2) is 9.59 Å². The third kappa shape index (κ3) is 4.39. The number of likely N-dealkylation sites (tertiary alicyclic amines) is 1. The maximum Gasteiger partial charge on any atom is 0.326 e. The lowest BCUT2D eigenvalue weighted by atomic mass is 10.00. The molecule has 1 unspecified atom stereocenters. The van der Waals surface area contributed by atoms with Gasteiger partial charge in [0.15, 0.2) is 0 Å². The third-order valence-electron chi connectivity index (χ3n) is 6.58. The van der Waals surface area contributed by atoms with Crippen LogP contribution in [0.25, 0.3) is 10.9 Å². The van der Waals surface area contributed by atoms with Crippen molar-refractivity contribution in [2.24, 2.45) is 0 Å². The number of urea groups is 1. The Balaban J connectivity index is 1.18. The fraction of sp³-hybridized carbons (Fsp3) is 0.333. The van der Waals surface area contributed by atoms with E-state index in [-0.39, 0.29) is 24.4 Å². The number of hydrogen-bond donors (Lipinski definition) is 4. The van der Waals surface area contributed by atoms with Gasteiger partial charge >= 0.3 is 12.0 Å². The van der Waals surface area contributed by atoms with Crippen LogP contribution in [-0.2, 0) is 16.1 Å². The molecule has 1 aromatic heterocycles. The molecule has 1 fully saturated rings. The number of carboxylic acid groups (broad SMARTS) is 1. The van der Waals surface area contributed by atoms with Gasteiger partial charge in [0.25, 0.3) is 0 Å². The number of aromatic amines is 1. The zero-order chi connectivity index (χ0) is 23.7. The number of nitrogens with one attached hydrogen (secondary N) is 3. The van der Waals surface area contributed by atoms with Crippen LogP contribution in [0.4, 0.5) is 16.2 Å². The van der Waals surface area contributed by atoms with Gasteiger partial charge in [-0.15, -0.1) is 0 Å². The second-order valence-corrected chi connectivity index (χ2v) is 8.74. The molecule has 3 amide bonds. The SMILES string of the molecule is O=C(O)C(CC(=O)N1CCC(N2Cc3ccccc3NC2=O)CC1)Nc1ccc2[nH]ncc2c1. The first-order valence-electron chi connectivity index (χ1n) is 11.3. The summed E-state index contributed by atoms with van der Waals surface area (Å²) in [4.78, 5) is 40.8. The van der Waals surface area contributed by atoms with Crippen molar-refractivity contribution in [3.05, 3.63) is 54.2 Å². The molecule has 10 nitrogen and oxygen atoms in total. The van der Waals surface area contributed by atoms with Gasteiger partial charge in [0.2, 0.25) is 5.91 Å². The summed E-state index contributed by atoms with van der Waals surface area (Å²) in [6.45, 7) is 1.52. The zero-order valence-electron chi connectivity index (χ0n) is 18.5. The maximum absolute atomic E-state index is 12.9. The molecule has 2 aliphatic rings. The molecule has 5 rings (SSSR count). The van der Waals surface area contributed by atoms with E-state index in [1.165, 1.54) is 0 Å². The predicted octanol–water partition coefficient (Wildman–Crippen LogP) is 2.86. The minimum absolute atomic E-state index is 0.0347. The highest BCUT2D eigenvalue weighted by Gasteiger charge is 2.33. The zero-order valence-corrected chi connectivity index (χ0v) is 18.5. The highest BCUT2D eigenvalue weighted by Crippen LogP contribution is 2.28. The van der Waals surface area contributed by atoms with Crippen molar-refractivity contribution in [2.75, 3.05) is 23.7 Å². The number of H-pyrrole nitrogens is 1. The average molecular weight is 463 g/mol. The lowest BCUT2D eigenvalue weighted by molar-refractivity contribution is -0.142. The highest BCUT2D eigenvalue weighted by molar-refractivity contribution is 5.92. The molecule has 0 radical (unpaired) electrons. The molecule has 10 heteroatoms. The second kappa shape index (κ2) is 9.05. The summed E-state index contributed by atoms with van der Waals surface area (Å²) in [6.07, 6.45) is 2.82. The van der Waals surface area contributed by atoms with Gasteiger partial charge in [0.1, 0.15) is 6.04 Å². The number of aromatic nitrogens is 2. The average Bonchev–Trinajstić information content (AvgIpc) is 3.31. The minimum Gasteiger partial charge on any atom is -0.480 e. The van der Waals surface area contributed by atoms with Gasteiger partial charge in [0, 0.05) is 42.4 Å². The van der Waals surface area contributed by atoms with Crippen LogP contribution in [0.3, 0.4) is 0 Å². The van der Waals surface area contributed by atoms with Crippen LogP contribution in [0.1, 0.15) is 24.8 Å². The van der Waals surface area contributed by atoms with Crippen LogP contribution in [0, 0.1) is 0 Å². The number of benzene rings is 2. The van der Waals surface area contributed by atoms with Crippen LogP contribution in [0.2, 0.25) is 0 Å². The second-order valence-electron chi connectivity index (χ2n) is 8.74. The fourth-order valence-corrected chi connectivity index (χ4v) is 4.68. The van der Waals surface area contributed by atoms with E-state index in [4.69, 9.17) is 0 Å². The summed E-state index contributed by atoms with van der Waals surface area (Å²) >= 11 is 0. The van der Waals surface area contributed by atoms with Crippen molar-refractivity contribution in [1.29, 1.82) is 0 Å². The molecule has 4 N–H and O–H groups in total. The Kier molecular flexibility index (Phi) is 5.79. The van der Waals surface area contributed by atoms with Crippen LogP contribution in [0.5, 0.6) is 0 Å². The molecule has 2 aliphatic heterocycles. The van der Waals surface area contributed by atoms with Gasteiger partial charge < -0.3 is 25.5 Å². The number of rotatable bonds is 6. The van der Waals surface area contributed by atoms with E-state index in [1.54, 1.807) is 23.2 Å². The molecule has 2 aromatic carbocycles. The maximum atomic E-state index is 12.9. The minimum atomic E-state index is -1.08. The first kappa shape index (κ1) is 21.7. The van der Waals surface area contributed by atoms with E-state index in [9.17, 15) is 19.5 Å². The van der Waals surface area contributed by atoms with E-state index >= 15 is 0 Å². The standard InChI is InChI=1S/C24H26N6O4/c31-22(12-21(23(32)33)26-17-5-6-20-16(11-17)13-25-28-20)29-9-7-18(8-10-29)30-14-15-3-1-2-4-19(15)27-24(30)34/h1-6,11,13,18,21,26H,7-10,12,14H2,(H,25,28)(H,27,34)(H,32,33). The molecule has 1 saturated heterocycles. The molecule has 1 atom stereocenters. The van der Waals surface area contributed by atoms with Crippen LogP contribution in [-0.4, -0.2) is 68.2 Å². The monoisotopic (exact) mass is 462 g/mol. The molecule has 3 heterocycles. The molecule has 176 valence electrons. The Morgan fingerprint density at radius 1 is 1.18 bits per heavy atom. The number of anilines is 2. The predicted molar refractivity (Wildman–Crippen MR) is 126 cm³/mol. The first-order chi connectivity index (χ1) is 16.5. The number of para-hydroxylation sites is 1. The van der Waals surface area contributed by atoms with Crippen molar-refractivity contribution in [3.8, 4) is 0 Å². The molecule has 0 aliphatic carbocycles. The Hall–Kier alpha value is -4.08. The van der Waals surface area contributed by atoms with Gasteiger partial charge in [-0.05, 0) is 42.7 Å². The summed E-state index contributed by atoms with van der Waals surface area (Å²) in [5.74, 6) is -1.30. The summed E-state index contributed by atoms with van der Waals surface area (Å²) in [5, 5.41) is 23.2. The van der Waals surface area contributed by atoms with Crippen molar-refractivity contribution in [2.45, 2.75) is 37.9 Å². The molecule has 0 bridgehead atoms. The molecule has 3 aromatic rings. The molecular weight excluding hydrogens is 436 g/mol. The molecule has 34 heavy (non-hydrogen) atoms. The quantitative estimate of drug-likeness (QED) is 0.446. The normalized spacial score (nSPS) is 17.2. The Morgan fingerprint density at radius 2 is 1.97 bits per heavy atom. The number of piperidine rings is 1. The highest BCUT2D eigenvalue weighted by atomic mass is 16.4. The van der Waals surface area contributed by atoms with Gasteiger partial charge in [-0.3, -0.25) is 9.89 Å². The van der Waals surface area contributed by atoms with E-state index < -0.39 is 12.0 Å². The van der Waals surface area contributed by atoms with E-state index in [2.05, 4.69) is 20.8 Å². The number of aliphatic carboxylic acids is 1. The number of carbonyl (C=O) groups is 3. The van der Waals surface area contributed by atoms with Crippen LogP contribution < -0.4 is 10.6 Å². The first-order valence-corrected chi connectivity index (χ1v) is 11.3. The smallest absolute Gasteiger partial charge is 0.326 e. The topological polar surface area (TPSA) is 131 Å². The third-order valence-corrected chi connectivity index (χ3v) is 6.58. The molecule has 0 spiro atoms. The Labute approximate surface area is 195 Å². The summed E-state index contributed by atoms with van der Waals surface area (Å²) < 4.78 is 0. The number of carboxylic acids is 1. The molecular formula is C24H26N6O4. The number of hydrogen-bond acceptors (Lipinski definition) is 5. The van der Waals surface area contributed by atoms with Gasteiger partial charge in [-0.2, -0.15) is 5.10 Å². The van der Waals surface area contributed by atoms with Crippen molar-refractivity contribution >= 4 is 40.2 Å². The van der Waals surface area contributed by atoms with E-state index in [1.807, 2.05) is 35.2 Å². The largest absolute Gasteiger partial charge is 0.480 e. The van der Waals surface area contributed by atoms with Crippen molar-refractivity contribution in [1.82, 2.24) is 20.0 Å². The lowest BCUT2D eigenvalue weighted by Gasteiger charge is -2.40. The fourth-order valence-electron chi connectivity index (χ4n) is 4.68. The number of carbonyl (C=O) groups excluding carboxylic acids is 2. The Morgan fingerprint density at radius 3 is 2.76 bits per heavy atom. The lowest BCUT2D eigenvalue weighted by Crippen LogP contribution is -2.51. The number of amides is 3. The van der Waals surface area contributed by atoms with Gasteiger partial charge in [0.05, 0.1) is 18.1 Å². The van der Waals surface area contributed by atoms with E-state index in [0.29, 0.717) is 38.2 Å². The number of fused-ring (bicyclic) bond motifs is 2. The molecule has 0 saturated carbocycles.